The minimum absolute atomic E-state index is 0.244. The van der Waals surface area contributed by atoms with Crippen LogP contribution < -0.4 is 14.4 Å². The Morgan fingerprint density at radius 3 is 2.85 bits per heavy atom. The second-order valence-electron chi connectivity index (χ2n) is 5.07. The van der Waals surface area contributed by atoms with E-state index in [2.05, 4.69) is 4.90 Å². The lowest BCUT2D eigenvalue weighted by Crippen LogP contribution is -2.20. The summed E-state index contributed by atoms with van der Waals surface area (Å²) in [7, 11) is 3.30. The van der Waals surface area contributed by atoms with Gasteiger partial charge in [0.25, 0.3) is 0 Å². The Labute approximate surface area is 119 Å². The molecule has 5 heteroatoms. The summed E-state index contributed by atoms with van der Waals surface area (Å²) < 4.78 is 10.7. The highest BCUT2D eigenvalue weighted by atomic mass is 16.5. The molecule has 1 aromatic carbocycles. The van der Waals surface area contributed by atoms with Gasteiger partial charge in [0.15, 0.2) is 0 Å². The first kappa shape index (κ1) is 14.5. The van der Waals surface area contributed by atoms with Crippen LogP contribution in [-0.2, 0) is 4.79 Å². The highest BCUT2D eigenvalue weighted by Gasteiger charge is 2.25. The molecule has 2 rings (SSSR count). The van der Waals surface area contributed by atoms with Crippen molar-refractivity contribution in [1.82, 2.24) is 0 Å². The maximum Gasteiger partial charge on any atom is 0.303 e. The van der Waals surface area contributed by atoms with Gasteiger partial charge in [-0.15, -0.1) is 0 Å². The minimum Gasteiger partial charge on any atom is -0.497 e. The number of rotatable bonds is 6. The molecule has 110 valence electrons. The fourth-order valence-electron chi connectivity index (χ4n) is 2.66. The van der Waals surface area contributed by atoms with Crippen molar-refractivity contribution < 1.29 is 19.4 Å². The molecule has 1 saturated heterocycles. The van der Waals surface area contributed by atoms with Gasteiger partial charge in [-0.05, 0) is 30.9 Å². The van der Waals surface area contributed by atoms with Gasteiger partial charge >= 0.3 is 5.97 Å². The zero-order valence-electron chi connectivity index (χ0n) is 12.0. The van der Waals surface area contributed by atoms with Crippen LogP contribution in [-0.4, -0.2) is 38.4 Å². The molecule has 1 unspecified atom stereocenters. The Bertz CT molecular complexity index is 475. The Balaban J connectivity index is 2.06. The van der Waals surface area contributed by atoms with Gasteiger partial charge in [-0.1, -0.05) is 0 Å². The first-order valence-corrected chi connectivity index (χ1v) is 6.82. The van der Waals surface area contributed by atoms with Crippen LogP contribution in [0.3, 0.4) is 0 Å². The van der Waals surface area contributed by atoms with Crippen LogP contribution in [0.2, 0.25) is 0 Å². The average molecular weight is 279 g/mol. The van der Waals surface area contributed by atoms with Crippen LogP contribution in [0.1, 0.15) is 19.3 Å². The van der Waals surface area contributed by atoms with E-state index in [0.717, 1.165) is 43.1 Å². The molecule has 1 aliphatic heterocycles. The summed E-state index contributed by atoms with van der Waals surface area (Å²) in [6.07, 6.45) is 2.00. The topological polar surface area (TPSA) is 59.0 Å². The molecular formula is C15H21NO4. The number of nitrogens with zero attached hydrogens (tertiary/aromatic N) is 1. The summed E-state index contributed by atoms with van der Waals surface area (Å²) in [5.41, 5.74) is 1.02. The quantitative estimate of drug-likeness (QED) is 0.866. The molecule has 0 aromatic heterocycles. The smallest absolute Gasteiger partial charge is 0.303 e. The monoisotopic (exact) mass is 279 g/mol. The van der Waals surface area contributed by atoms with E-state index in [0.29, 0.717) is 5.92 Å². The van der Waals surface area contributed by atoms with E-state index < -0.39 is 5.97 Å². The lowest BCUT2D eigenvalue weighted by atomic mass is 10.0. The van der Waals surface area contributed by atoms with Crippen molar-refractivity contribution in [2.24, 2.45) is 5.92 Å². The zero-order chi connectivity index (χ0) is 14.5. The van der Waals surface area contributed by atoms with Crippen LogP contribution in [0.5, 0.6) is 11.5 Å². The third kappa shape index (κ3) is 3.35. The van der Waals surface area contributed by atoms with E-state index in [9.17, 15) is 4.79 Å². The van der Waals surface area contributed by atoms with Crippen molar-refractivity contribution >= 4 is 11.7 Å². The molecular weight excluding hydrogens is 258 g/mol. The van der Waals surface area contributed by atoms with Gasteiger partial charge in [0, 0.05) is 25.6 Å². The molecule has 0 saturated carbocycles. The van der Waals surface area contributed by atoms with Gasteiger partial charge < -0.3 is 19.5 Å². The maximum atomic E-state index is 10.6. The summed E-state index contributed by atoms with van der Waals surface area (Å²) in [6.45, 7) is 1.80. The number of aliphatic carboxylic acids is 1. The average Bonchev–Trinajstić information content (AvgIpc) is 2.93. The molecule has 5 nitrogen and oxygen atoms in total. The predicted octanol–water partition coefficient (Wildman–Crippen LogP) is 2.39. The number of hydrogen-bond donors (Lipinski definition) is 1. The molecule has 1 heterocycles. The van der Waals surface area contributed by atoms with Crippen LogP contribution in [0.25, 0.3) is 0 Å². The first-order chi connectivity index (χ1) is 9.63. The van der Waals surface area contributed by atoms with E-state index in [-0.39, 0.29) is 6.42 Å². The SMILES string of the molecule is COc1ccc(OC)c(N2CCC(CCC(=O)O)C2)c1. The first-order valence-electron chi connectivity index (χ1n) is 6.82. The van der Waals surface area contributed by atoms with Gasteiger partial charge in [-0.25, -0.2) is 0 Å². The Morgan fingerprint density at radius 2 is 2.20 bits per heavy atom. The number of ether oxygens (including phenoxy) is 2. The summed E-state index contributed by atoms with van der Waals surface area (Å²) in [5.74, 6) is 1.34. The fraction of sp³-hybridized carbons (Fsp3) is 0.533. The minimum atomic E-state index is -0.720. The molecule has 0 spiro atoms. The standard InChI is InChI=1S/C15H21NO4/c1-19-12-4-5-14(20-2)13(9-12)16-8-7-11(10-16)3-6-15(17)18/h4-5,9,11H,3,6-8,10H2,1-2H3,(H,17,18). The van der Waals surface area contributed by atoms with Crippen molar-refractivity contribution in [3.63, 3.8) is 0 Å². The molecule has 1 atom stereocenters. The molecule has 0 aliphatic carbocycles. The lowest BCUT2D eigenvalue weighted by Gasteiger charge is -2.22. The number of carboxylic acids is 1. The summed E-state index contributed by atoms with van der Waals surface area (Å²) in [4.78, 5) is 12.9. The number of hydrogen-bond acceptors (Lipinski definition) is 4. The summed E-state index contributed by atoms with van der Waals surface area (Å²) in [5, 5.41) is 8.76. The highest BCUT2D eigenvalue weighted by Crippen LogP contribution is 2.36. The Kier molecular flexibility index (Phi) is 4.71. The van der Waals surface area contributed by atoms with E-state index in [4.69, 9.17) is 14.6 Å². The van der Waals surface area contributed by atoms with Gasteiger partial charge in [0.2, 0.25) is 0 Å². The molecule has 0 amide bonds. The van der Waals surface area contributed by atoms with Crippen molar-refractivity contribution in [2.75, 3.05) is 32.2 Å². The third-order valence-corrected chi connectivity index (χ3v) is 3.78. The summed E-state index contributed by atoms with van der Waals surface area (Å²) in [6, 6.07) is 5.75. The normalized spacial score (nSPS) is 18.1. The van der Waals surface area contributed by atoms with Gasteiger partial charge in [-0.2, -0.15) is 0 Å². The van der Waals surface area contributed by atoms with E-state index in [1.807, 2.05) is 18.2 Å². The molecule has 1 N–H and O–H groups in total. The van der Waals surface area contributed by atoms with E-state index >= 15 is 0 Å². The number of carboxylic acid groups (broad SMARTS) is 1. The molecule has 20 heavy (non-hydrogen) atoms. The number of anilines is 1. The highest BCUT2D eigenvalue weighted by molar-refractivity contribution is 5.66. The maximum absolute atomic E-state index is 10.6. The van der Waals surface area contributed by atoms with Crippen molar-refractivity contribution in [1.29, 1.82) is 0 Å². The fourth-order valence-corrected chi connectivity index (χ4v) is 2.66. The number of carbonyl (C=O) groups is 1. The molecule has 0 radical (unpaired) electrons. The second kappa shape index (κ2) is 6.50. The van der Waals surface area contributed by atoms with Gasteiger partial charge in [-0.3, -0.25) is 4.79 Å². The lowest BCUT2D eigenvalue weighted by molar-refractivity contribution is -0.137. The van der Waals surface area contributed by atoms with E-state index in [1.165, 1.54) is 0 Å². The second-order valence-corrected chi connectivity index (χ2v) is 5.07. The van der Waals surface area contributed by atoms with E-state index in [1.54, 1.807) is 14.2 Å². The van der Waals surface area contributed by atoms with Crippen LogP contribution in [0.4, 0.5) is 5.69 Å². The zero-order valence-corrected chi connectivity index (χ0v) is 12.0. The predicted molar refractivity (Wildman–Crippen MR) is 76.7 cm³/mol. The van der Waals surface area contributed by atoms with Crippen molar-refractivity contribution in [3.8, 4) is 11.5 Å². The van der Waals surface area contributed by atoms with Crippen LogP contribution in [0.15, 0.2) is 18.2 Å². The molecule has 1 fully saturated rings. The molecule has 1 aliphatic rings. The van der Waals surface area contributed by atoms with Crippen LogP contribution >= 0.6 is 0 Å². The van der Waals surface area contributed by atoms with Crippen LogP contribution in [0, 0.1) is 5.92 Å². The number of methoxy groups -OCH3 is 2. The summed E-state index contributed by atoms with van der Waals surface area (Å²) >= 11 is 0. The largest absolute Gasteiger partial charge is 0.497 e. The third-order valence-electron chi connectivity index (χ3n) is 3.78. The van der Waals surface area contributed by atoms with Crippen molar-refractivity contribution in [2.45, 2.75) is 19.3 Å². The molecule has 0 bridgehead atoms. The van der Waals surface area contributed by atoms with Crippen molar-refractivity contribution in [3.05, 3.63) is 18.2 Å². The van der Waals surface area contributed by atoms with Gasteiger partial charge in [0.1, 0.15) is 11.5 Å². The number of benzene rings is 1. The molecule has 1 aromatic rings. The Hall–Kier alpha value is -1.91. The van der Waals surface area contributed by atoms with Gasteiger partial charge in [0.05, 0.1) is 19.9 Å². The Morgan fingerprint density at radius 1 is 1.40 bits per heavy atom.